The van der Waals surface area contributed by atoms with Crippen LogP contribution in [0.3, 0.4) is 0 Å². The second-order valence-electron chi connectivity index (χ2n) is 6.08. The molecule has 3 rings (SSSR count). The summed E-state index contributed by atoms with van der Waals surface area (Å²) in [6.07, 6.45) is 0. The van der Waals surface area contributed by atoms with Crippen molar-refractivity contribution < 1.29 is 0 Å². The largest absolute Gasteiger partial charge is 0.366 e. The first-order valence-electron chi connectivity index (χ1n) is 8.63. The molecule has 0 saturated carbocycles. The number of hydrogen-bond acceptors (Lipinski definition) is 4. The molecule has 0 radical (unpaired) electrons. The summed E-state index contributed by atoms with van der Waals surface area (Å²) in [6.45, 7) is 7.74. The summed E-state index contributed by atoms with van der Waals surface area (Å²) >= 11 is 0. The highest BCUT2D eigenvalue weighted by Gasteiger charge is 2.11. The molecule has 2 aromatic carbocycles. The van der Waals surface area contributed by atoms with Crippen molar-refractivity contribution in [2.75, 3.05) is 16.8 Å². The third-order valence-corrected chi connectivity index (χ3v) is 4.08. The van der Waals surface area contributed by atoms with Crippen LogP contribution in [0.15, 0.2) is 60.7 Å². The fraction of sp³-hybridized carbons (Fsp3) is 0.238. The molecule has 0 bridgehead atoms. The van der Waals surface area contributed by atoms with Crippen molar-refractivity contribution in [3.63, 3.8) is 0 Å². The minimum atomic E-state index is 0.744. The Bertz CT molecular complexity index is 813. The second-order valence-corrected chi connectivity index (χ2v) is 6.08. The number of rotatable bonds is 6. The maximum atomic E-state index is 4.62. The van der Waals surface area contributed by atoms with Crippen molar-refractivity contribution in [3.8, 4) is 0 Å². The van der Waals surface area contributed by atoms with E-state index >= 15 is 0 Å². The van der Waals surface area contributed by atoms with E-state index < -0.39 is 0 Å². The van der Waals surface area contributed by atoms with Crippen LogP contribution in [0.2, 0.25) is 0 Å². The normalized spacial score (nSPS) is 10.5. The molecule has 25 heavy (non-hydrogen) atoms. The average molecular weight is 332 g/mol. The highest BCUT2D eigenvalue weighted by Crippen LogP contribution is 2.25. The predicted octanol–water partition coefficient (Wildman–Crippen LogP) is 4.86. The molecule has 0 spiro atoms. The lowest BCUT2D eigenvalue weighted by atomic mass is 10.1. The molecule has 1 aromatic heterocycles. The number of aryl methyl sites for hydroxylation is 2. The molecule has 3 aromatic rings. The molecule has 0 atom stereocenters. The van der Waals surface area contributed by atoms with Gasteiger partial charge in [-0.3, -0.25) is 0 Å². The third kappa shape index (κ3) is 4.35. The van der Waals surface area contributed by atoms with Crippen molar-refractivity contribution in [2.24, 2.45) is 0 Å². The van der Waals surface area contributed by atoms with Gasteiger partial charge in [-0.05, 0) is 38.5 Å². The molecule has 0 amide bonds. The number of para-hydroxylation sites is 1. The van der Waals surface area contributed by atoms with Crippen molar-refractivity contribution in [1.29, 1.82) is 0 Å². The fourth-order valence-corrected chi connectivity index (χ4v) is 2.76. The molecule has 0 fully saturated rings. The van der Waals surface area contributed by atoms with Crippen LogP contribution >= 0.6 is 0 Å². The lowest BCUT2D eigenvalue weighted by molar-refractivity contribution is 0.946. The topological polar surface area (TPSA) is 41.0 Å². The maximum absolute atomic E-state index is 4.62. The van der Waals surface area contributed by atoms with E-state index in [4.69, 9.17) is 0 Å². The minimum absolute atomic E-state index is 0.744. The van der Waals surface area contributed by atoms with Crippen LogP contribution in [0, 0.1) is 13.8 Å². The summed E-state index contributed by atoms with van der Waals surface area (Å²) in [4.78, 5) is 11.3. The van der Waals surface area contributed by atoms with Crippen LogP contribution in [0.1, 0.15) is 23.9 Å². The zero-order valence-corrected chi connectivity index (χ0v) is 15.0. The molecule has 0 aliphatic rings. The van der Waals surface area contributed by atoms with Gasteiger partial charge in [0.25, 0.3) is 0 Å². The van der Waals surface area contributed by atoms with Gasteiger partial charge in [0, 0.05) is 24.8 Å². The van der Waals surface area contributed by atoms with Gasteiger partial charge in [0.15, 0.2) is 0 Å². The Kier molecular flexibility index (Phi) is 5.29. The van der Waals surface area contributed by atoms with E-state index in [2.05, 4.69) is 70.4 Å². The highest BCUT2D eigenvalue weighted by atomic mass is 15.2. The first-order valence-corrected chi connectivity index (χ1v) is 8.63. The van der Waals surface area contributed by atoms with Crippen molar-refractivity contribution in [3.05, 3.63) is 77.6 Å². The van der Waals surface area contributed by atoms with Gasteiger partial charge in [-0.15, -0.1) is 0 Å². The van der Waals surface area contributed by atoms with Gasteiger partial charge in [-0.25, -0.2) is 9.97 Å². The Labute approximate surface area is 149 Å². The lowest BCUT2D eigenvalue weighted by Crippen LogP contribution is -2.18. The predicted molar refractivity (Wildman–Crippen MR) is 104 cm³/mol. The van der Waals surface area contributed by atoms with Crippen LogP contribution in [0.25, 0.3) is 0 Å². The zero-order valence-electron chi connectivity index (χ0n) is 15.0. The van der Waals surface area contributed by atoms with E-state index in [1.165, 1.54) is 11.1 Å². The van der Waals surface area contributed by atoms with Gasteiger partial charge in [0.1, 0.15) is 17.5 Å². The average Bonchev–Trinajstić information content (AvgIpc) is 2.62. The summed E-state index contributed by atoms with van der Waals surface area (Å²) in [5.41, 5.74) is 3.64. The Morgan fingerprint density at radius 3 is 2.32 bits per heavy atom. The molecule has 4 heteroatoms. The van der Waals surface area contributed by atoms with E-state index in [-0.39, 0.29) is 0 Å². The minimum Gasteiger partial charge on any atom is -0.366 e. The summed E-state index contributed by atoms with van der Waals surface area (Å²) < 4.78 is 0. The van der Waals surface area contributed by atoms with Gasteiger partial charge in [-0.1, -0.05) is 48.0 Å². The van der Waals surface area contributed by atoms with Gasteiger partial charge in [0.2, 0.25) is 0 Å². The lowest BCUT2D eigenvalue weighted by Gasteiger charge is -2.23. The fourth-order valence-electron chi connectivity index (χ4n) is 2.76. The van der Waals surface area contributed by atoms with Crippen LogP contribution in [0.5, 0.6) is 0 Å². The monoisotopic (exact) mass is 332 g/mol. The Morgan fingerprint density at radius 2 is 1.64 bits per heavy atom. The first kappa shape index (κ1) is 17.0. The Morgan fingerprint density at radius 1 is 0.920 bits per heavy atom. The summed E-state index contributed by atoms with van der Waals surface area (Å²) in [6, 6.07) is 20.9. The number of aromatic nitrogens is 2. The molecule has 1 heterocycles. The molecule has 0 aliphatic heterocycles. The molecule has 0 saturated heterocycles. The van der Waals surface area contributed by atoms with E-state index in [9.17, 15) is 0 Å². The smallest absolute Gasteiger partial charge is 0.138 e. The Balaban J connectivity index is 1.81. The quantitative estimate of drug-likeness (QED) is 0.699. The second kappa shape index (κ2) is 7.79. The van der Waals surface area contributed by atoms with Crippen molar-refractivity contribution >= 4 is 17.3 Å². The van der Waals surface area contributed by atoms with Gasteiger partial charge in [0.05, 0.1) is 0 Å². The summed E-state index contributed by atoms with van der Waals surface area (Å²) in [5.74, 6) is 2.52. The third-order valence-electron chi connectivity index (χ3n) is 4.08. The van der Waals surface area contributed by atoms with Gasteiger partial charge < -0.3 is 10.2 Å². The SMILES string of the molecule is CCN(c1ccccc1)c1cc(NCc2ccc(C)cc2)nc(C)n1. The molecular formula is C21H24N4. The van der Waals surface area contributed by atoms with Crippen LogP contribution in [-0.2, 0) is 6.54 Å². The van der Waals surface area contributed by atoms with Gasteiger partial charge >= 0.3 is 0 Å². The van der Waals surface area contributed by atoms with Crippen LogP contribution in [-0.4, -0.2) is 16.5 Å². The van der Waals surface area contributed by atoms with E-state index in [0.717, 1.165) is 36.2 Å². The van der Waals surface area contributed by atoms with Crippen LogP contribution in [0.4, 0.5) is 17.3 Å². The van der Waals surface area contributed by atoms with E-state index in [1.54, 1.807) is 0 Å². The first-order chi connectivity index (χ1) is 12.2. The number of benzene rings is 2. The number of hydrogen-bond donors (Lipinski definition) is 1. The molecule has 0 unspecified atom stereocenters. The molecule has 0 aliphatic carbocycles. The van der Waals surface area contributed by atoms with Crippen molar-refractivity contribution in [2.45, 2.75) is 27.3 Å². The number of nitrogens with zero attached hydrogens (tertiary/aromatic N) is 3. The molecular weight excluding hydrogens is 308 g/mol. The molecule has 128 valence electrons. The standard InChI is InChI=1S/C21H24N4/c1-4-25(19-8-6-5-7-9-19)21-14-20(23-17(3)24-21)22-15-18-12-10-16(2)11-13-18/h5-14H,4,15H2,1-3H3,(H,22,23,24). The van der Waals surface area contributed by atoms with E-state index in [0.29, 0.717) is 0 Å². The molecule has 4 nitrogen and oxygen atoms in total. The Hall–Kier alpha value is -2.88. The maximum Gasteiger partial charge on any atom is 0.138 e. The van der Waals surface area contributed by atoms with Crippen LogP contribution < -0.4 is 10.2 Å². The summed E-state index contributed by atoms with van der Waals surface area (Å²) in [5, 5.41) is 3.41. The number of nitrogens with one attached hydrogen (secondary N) is 1. The molecule has 1 N–H and O–H groups in total. The number of anilines is 3. The van der Waals surface area contributed by atoms with Gasteiger partial charge in [-0.2, -0.15) is 0 Å². The zero-order chi connectivity index (χ0) is 17.6. The van der Waals surface area contributed by atoms with Crippen molar-refractivity contribution in [1.82, 2.24) is 9.97 Å². The highest BCUT2D eigenvalue weighted by molar-refractivity contribution is 5.62. The van der Waals surface area contributed by atoms with E-state index in [1.807, 2.05) is 31.2 Å². The summed E-state index contributed by atoms with van der Waals surface area (Å²) in [7, 11) is 0.